The molecule has 3 aromatic carbocycles. The van der Waals surface area contributed by atoms with E-state index in [4.69, 9.17) is 9.47 Å². The summed E-state index contributed by atoms with van der Waals surface area (Å²) in [5, 5.41) is 12.1. The van der Waals surface area contributed by atoms with Gasteiger partial charge in [-0.05, 0) is 40.7 Å². The molecule has 5 unspecified atom stereocenters. The van der Waals surface area contributed by atoms with Crippen LogP contribution < -0.4 is 4.74 Å². The van der Waals surface area contributed by atoms with Crippen LogP contribution in [0.5, 0.6) is 5.75 Å². The Hall–Kier alpha value is -3.70. The molecule has 0 saturated heterocycles. The monoisotopic (exact) mass is 494 g/mol. The number of rotatable bonds is 4. The van der Waals surface area contributed by atoms with Gasteiger partial charge in [-0.2, -0.15) is 0 Å². The third kappa shape index (κ3) is 4.17. The maximum Gasteiger partial charge on any atom is 0.218 e. The van der Waals surface area contributed by atoms with E-state index in [1.165, 1.54) is 0 Å². The van der Waals surface area contributed by atoms with Gasteiger partial charge in [-0.15, -0.1) is 0 Å². The average Bonchev–Trinajstić information content (AvgIpc) is 2.92. The molecule has 5 heteroatoms. The molecule has 2 aliphatic carbocycles. The highest BCUT2D eigenvalue weighted by molar-refractivity contribution is 6.01. The molecule has 1 aliphatic heterocycles. The number of hydrogen-bond acceptors (Lipinski definition) is 5. The molecule has 1 saturated carbocycles. The van der Waals surface area contributed by atoms with E-state index in [-0.39, 0.29) is 23.4 Å². The van der Waals surface area contributed by atoms with E-state index in [2.05, 4.69) is 0 Å². The number of aliphatic hydroxyl groups is 1. The molecule has 0 aromatic heterocycles. The lowest BCUT2D eigenvalue weighted by atomic mass is 9.62. The van der Waals surface area contributed by atoms with Gasteiger partial charge in [0.05, 0.1) is 13.0 Å². The van der Waals surface area contributed by atoms with Crippen molar-refractivity contribution in [2.75, 3.05) is 7.11 Å². The van der Waals surface area contributed by atoms with Crippen LogP contribution in [0.1, 0.15) is 60.1 Å². The Bertz CT molecular complexity index is 1340. The van der Waals surface area contributed by atoms with Crippen molar-refractivity contribution in [2.24, 2.45) is 5.92 Å². The fourth-order valence-corrected chi connectivity index (χ4v) is 6.54. The molecule has 0 bridgehead atoms. The number of methoxy groups -OCH3 is 1. The lowest BCUT2D eigenvalue weighted by Gasteiger charge is -2.50. The minimum Gasteiger partial charge on any atom is -0.497 e. The Balaban J connectivity index is 1.45. The SMILES string of the molecule is COc1ccc(C2C3=C(CC(c4ccccc4)CC3=O)OC3(O)CC(c4ccccc4)CC(=O)C23)cc1. The highest BCUT2D eigenvalue weighted by atomic mass is 16.6. The van der Waals surface area contributed by atoms with Crippen LogP contribution >= 0.6 is 0 Å². The number of benzene rings is 3. The summed E-state index contributed by atoms with van der Waals surface area (Å²) in [6.45, 7) is 0. The summed E-state index contributed by atoms with van der Waals surface area (Å²) in [6, 6.07) is 27.2. The zero-order chi connectivity index (χ0) is 25.6. The van der Waals surface area contributed by atoms with Crippen LogP contribution in [0, 0.1) is 5.92 Å². The molecule has 1 N–H and O–H groups in total. The predicted octanol–water partition coefficient (Wildman–Crippen LogP) is 5.66. The zero-order valence-corrected chi connectivity index (χ0v) is 20.8. The van der Waals surface area contributed by atoms with Gasteiger partial charge in [-0.1, -0.05) is 72.8 Å². The van der Waals surface area contributed by atoms with Crippen LogP contribution in [0.3, 0.4) is 0 Å². The maximum atomic E-state index is 13.8. The highest BCUT2D eigenvalue weighted by Gasteiger charge is 2.59. The summed E-state index contributed by atoms with van der Waals surface area (Å²) in [7, 11) is 1.60. The number of fused-ring (bicyclic) bond motifs is 1. The second-order valence-corrected chi connectivity index (χ2v) is 10.4. The molecule has 5 nitrogen and oxygen atoms in total. The fourth-order valence-electron chi connectivity index (χ4n) is 6.54. The van der Waals surface area contributed by atoms with E-state index in [0.29, 0.717) is 42.8 Å². The highest BCUT2D eigenvalue weighted by Crippen LogP contribution is 2.56. The third-order valence-electron chi connectivity index (χ3n) is 8.24. The summed E-state index contributed by atoms with van der Waals surface area (Å²) < 4.78 is 11.7. The normalized spacial score (nSPS) is 29.2. The van der Waals surface area contributed by atoms with Crippen molar-refractivity contribution < 1.29 is 24.2 Å². The maximum absolute atomic E-state index is 13.8. The lowest BCUT2D eigenvalue weighted by molar-refractivity contribution is -0.240. The standard InChI is InChI=1S/C32H30O5/c1-36-25-14-12-22(13-15-25)29-30-26(33)16-23(20-8-4-2-5-9-20)18-28(30)37-32(35)19-24(17-27(34)31(29)32)21-10-6-3-7-11-21/h2-15,23-24,29,31,35H,16-19H2,1H3. The number of carbonyl (C=O) groups is 2. The molecule has 3 aliphatic rings. The van der Waals surface area contributed by atoms with E-state index in [1.54, 1.807) is 7.11 Å². The molecular weight excluding hydrogens is 464 g/mol. The van der Waals surface area contributed by atoms with Gasteiger partial charge in [0.2, 0.25) is 5.79 Å². The topological polar surface area (TPSA) is 72.8 Å². The molecule has 188 valence electrons. The lowest BCUT2D eigenvalue weighted by Crippen LogP contribution is -2.56. The first kappa shape index (κ1) is 23.7. The van der Waals surface area contributed by atoms with Gasteiger partial charge in [0, 0.05) is 37.2 Å². The van der Waals surface area contributed by atoms with E-state index >= 15 is 0 Å². The van der Waals surface area contributed by atoms with Gasteiger partial charge in [-0.3, -0.25) is 9.59 Å². The number of allylic oxidation sites excluding steroid dienone is 2. The number of carbonyl (C=O) groups excluding carboxylic acids is 2. The molecule has 3 aromatic rings. The zero-order valence-electron chi connectivity index (χ0n) is 20.8. The smallest absolute Gasteiger partial charge is 0.218 e. The van der Waals surface area contributed by atoms with Crippen LogP contribution in [0.25, 0.3) is 0 Å². The van der Waals surface area contributed by atoms with Gasteiger partial charge in [0.15, 0.2) is 5.78 Å². The van der Waals surface area contributed by atoms with Crippen LogP contribution in [0.15, 0.2) is 96.3 Å². The number of Topliss-reactive ketones (excluding diaryl/α,β-unsaturated/α-hetero) is 2. The van der Waals surface area contributed by atoms with Crippen LogP contribution in [0.2, 0.25) is 0 Å². The fraction of sp³-hybridized carbons (Fsp3) is 0.312. The molecular formula is C32H30O5. The Morgan fingerprint density at radius 3 is 2.03 bits per heavy atom. The first-order valence-electron chi connectivity index (χ1n) is 12.9. The van der Waals surface area contributed by atoms with Gasteiger partial charge in [-0.25, -0.2) is 0 Å². The van der Waals surface area contributed by atoms with E-state index in [0.717, 1.165) is 16.7 Å². The van der Waals surface area contributed by atoms with Crippen molar-refractivity contribution in [2.45, 2.75) is 49.2 Å². The summed E-state index contributed by atoms with van der Waals surface area (Å²) >= 11 is 0. The number of hydrogen-bond donors (Lipinski definition) is 1. The van der Waals surface area contributed by atoms with Gasteiger partial charge in [0.25, 0.3) is 0 Å². The quantitative estimate of drug-likeness (QED) is 0.507. The Kier molecular flexibility index (Phi) is 5.96. The second-order valence-electron chi connectivity index (χ2n) is 10.4. The first-order chi connectivity index (χ1) is 18.0. The van der Waals surface area contributed by atoms with Crippen molar-refractivity contribution in [3.63, 3.8) is 0 Å². The Morgan fingerprint density at radius 2 is 1.41 bits per heavy atom. The van der Waals surface area contributed by atoms with Crippen LogP contribution in [-0.2, 0) is 14.3 Å². The largest absolute Gasteiger partial charge is 0.497 e. The van der Waals surface area contributed by atoms with Crippen LogP contribution in [-0.4, -0.2) is 29.6 Å². The minimum absolute atomic E-state index is 0.0176. The van der Waals surface area contributed by atoms with Crippen molar-refractivity contribution in [3.05, 3.63) is 113 Å². The van der Waals surface area contributed by atoms with E-state index in [1.807, 2.05) is 84.9 Å². The molecule has 5 atom stereocenters. The molecule has 1 heterocycles. The number of ether oxygens (including phenoxy) is 2. The second kappa shape index (κ2) is 9.31. The van der Waals surface area contributed by atoms with Gasteiger partial charge >= 0.3 is 0 Å². The molecule has 0 spiro atoms. The Labute approximate surface area is 216 Å². The molecule has 0 amide bonds. The molecule has 0 radical (unpaired) electrons. The van der Waals surface area contributed by atoms with Crippen LogP contribution in [0.4, 0.5) is 0 Å². The molecule has 1 fully saturated rings. The summed E-state index contributed by atoms with van der Waals surface area (Å²) in [5.74, 6) is -2.18. The summed E-state index contributed by atoms with van der Waals surface area (Å²) in [5.41, 5.74) is 3.44. The first-order valence-corrected chi connectivity index (χ1v) is 12.9. The minimum atomic E-state index is -1.70. The number of ketones is 2. The Morgan fingerprint density at radius 1 is 0.784 bits per heavy atom. The van der Waals surface area contributed by atoms with Crippen molar-refractivity contribution in [1.82, 2.24) is 0 Å². The summed E-state index contributed by atoms with van der Waals surface area (Å²) in [4.78, 5) is 27.5. The molecule has 37 heavy (non-hydrogen) atoms. The van der Waals surface area contributed by atoms with E-state index < -0.39 is 17.6 Å². The summed E-state index contributed by atoms with van der Waals surface area (Å²) in [6.07, 6.45) is 1.46. The van der Waals surface area contributed by atoms with Crippen molar-refractivity contribution >= 4 is 11.6 Å². The van der Waals surface area contributed by atoms with E-state index in [9.17, 15) is 14.7 Å². The third-order valence-corrected chi connectivity index (χ3v) is 8.24. The van der Waals surface area contributed by atoms with Gasteiger partial charge in [0.1, 0.15) is 17.3 Å². The average molecular weight is 495 g/mol. The van der Waals surface area contributed by atoms with Crippen molar-refractivity contribution in [3.8, 4) is 5.75 Å². The van der Waals surface area contributed by atoms with Gasteiger partial charge < -0.3 is 14.6 Å². The predicted molar refractivity (Wildman–Crippen MR) is 139 cm³/mol. The van der Waals surface area contributed by atoms with Crippen molar-refractivity contribution in [1.29, 1.82) is 0 Å². The molecule has 6 rings (SSSR count).